The third kappa shape index (κ3) is 1.80. The van der Waals surface area contributed by atoms with Crippen LogP contribution in [0.5, 0.6) is 11.5 Å². The van der Waals surface area contributed by atoms with Gasteiger partial charge in [-0.25, -0.2) is 4.98 Å². The maximum absolute atomic E-state index is 5.52. The van der Waals surface area contributed by atoms with Gasteiger partial charge in [-0.05, 0) is 18.2 Å². The SMILES string of the molecule is CNc1ncc(-c2ccc3c(c2)OCCO3)o1. The average molecular weight is 232 g/mol. The Labute approximate surface area is 98.4 Å². The molecule has 2 heterocycles. The first-order valence-electron chi connectivity index (χ1n) is 5.40. The van der Waals surface area contributed by atoms with Crippen molar-refractivity contribution in [2.24, 2.45) is 0 Å². The van der Waals surface area contributed by atoms with Crippen LogP contribution >= 0.6 is 0 Å². The summed E-state index contributed by atoms with van der Waals surface area (Å²) in [5, 5.41) is 2.85. The maximum Gasteiger partial charge on any atom is 0.294 e. The van der Waals surface area contributed by atoms with Crippen molar-refractivity contribution in [3.05, 3.63) is 24.4 Å². The molecule has 1 aromatic carbocycles. The van der Waals surface area contributed by atoms with E-state index in [0.717, 1.165) is 17.1 Å². The number of benzene rings is 1. The minimum atomic E-state index is 0.495. The zero-order chi connectivity index (χ0) is 11.7. The summed E-state index contributed by atoms with van der Waals surface area (Å²) in [6.07, 6.45) is 1.68. The van der Waals surface area contributed by atoms with E-state index >= 15 is 0 Å². The van der Waals surface area contributed by atoms with Crippen LogP contribution in [0.4, 0.5) is 6.01 Å². The topological polar surface area (TPSA) is 56.5 Å². The van der Waals surface area contributed by atoms with E-state index in [1.165, 1.54) is 0 Å². The fourth-order valence-electron chi connectivity index (χ4n) is 1.72. The number of oxazole rings is 1. The summed E-state index contributed by atoms with van der Waals surface area (Å²) in [7, 11) is 1.76. The average Bonchev–Trinajstić information content (AvgIpc) is 2.87. The highest BCUT2D eigenvalue weighted by Gasteiger charge is 2.14. The Hall–Kier alpha value is -2.17. The van der Waals surface area contributed by atoms with Gasteiger partial charge in [-0.1, -0.05) is 0 Å². The van der Waals surface area contributed by atoms with Crippen LogP contribution in [0.15, 0.2) is 28.8 Å². The highest BCUT2D eigenvalue weighted by Crippen LogP contribution is 2.34. The van der Waals surface area contributed by atoms with Gasteiger partial charge in [0.05, 0.1) is 6.20 Å². The zero-order valence-corrected chi connectivity index (χ0v) is 9.40. The molecule has 3 rings (SSSR count). The molecule has 2 aromatic rings. The zero-order valence-electron chi connectivity index (χ0n) is 9.40. The van der Waals surface area contributed by atoms with Crippen molar-refractivity contribution in [1.82, 2.24) is 4.98 Å². The molecule has 0 bridgehead atoms. The molecule has 0 spiro atoms. The lowest BCUT2D eigenvalue weighted by atomic mass is 10.1. The Balaban J connectivity index is 1.97. The van der Waals surface area contributed by atoms with Crippen molar-refractivity contribution in [2.75, 3.05) is 25.6 Å². The maximum atomic E-state index is 5.52. The van der Waals surface area contributed by atoms with Crippen molar-refractivity contribution in [3.63, 3.8) is 0 Å². The van der Waals surface area contributed by atoms with Crippen molar-refractivity contribution < 1.29 is 13.9 Å². The fraction of sp³-hybridized carbons (Fsp3) is 0.250. The summed E-state index contributed by atoms with van der Waals surface area (Å²) in [4.78, 5) is 4.07. The predicted octanol–water partition coefficient (Wildman–Crippen LogP) is 2.15. The smallest absolute Gasteiger partial charge is 0.294 e. The Morgan fingerprint density at radius 1 is 1.18 bits per heavy atom. The predicted molar refractivity (Wildman–Crippen MR) is 62.5 cm³/mol. The second-order valence-corrected chi connectivity index (χ2v) is 3.64. The molecule has 0 amide bonds. The van der Waals surface area contributed by atoms with E-state index in [0.29, 0.717) is 25.0 Å². The molecule has 1 aromatic heterocycles. The molecule has 0 saturated heterocycles. The van der Waals surface area contributed by atoms with Crippen LogP contribution in [-0.2, 0) is 0 Å². The van der Waals surface area contributed by atoms with E-state index in [1.54, 1.807) is 13.2 Å². The number of hydrogen-bond donors (Lipinski definition) is 1. The minimum Gasteiger partial charge on any atom is -0.486 e. The first-order chi connectivity index (χ1) is 8.36. The van der Waals surface area contributed by atoms with Crippen molar-refractivity contribution in [2.45, 2.75) is 0 Å². The van der Waals surface area contributed by atoms with E-state index in [1.807, 2.05) is 18.2 Å². The van der Waals surface area contributed by atoms with Crippen LogP contribution < -0.4 is 14.8 Å². The van der Waals surface area contributed by atoms with Gasteiger partial charge in [-0.15, -0.1) is 0 Å². The molecule has 88 valence electrons. The van der Waals surface area contributed by atoms with E-state index in [2.05, 4.69) is 10.3 Å². The molecule has 0 unspecified atom stereocenters. The summed E-state index contributed by atoms with van der Waals surface area (Å²) in [6, 6.07) is 6.20. The van der Waals surface area contributed by atoms with Crippen molar-refractivity contribution in [1.29, 1.82) is 0 Å². The Kier molecular flexibility index (Phi) is 2.36. The molecule has 1 N–H and O–H groups in total. The van der Waals surface area contributed by atoms with Crippen LogP contribution in [0.25, 0.3) is 11.3 Å². The molecule has 0 fully saturated rings. The van der Waals surface area contributed by atoms with Crippen LogP contribution in [0.1, 0.15) is 0 Å². The first-order valence-corrected chi connectivity index (χ1v) is 5.40. The summed E-state index contributed by atoms with van der Waals surface area (Å²) in [5.41, 5.74) is 0.920. The second-order valence-electron chi connectivity index (χ2n) is 3.64. The molecule has 1 aliphatic heterocycles. The molecule has 17 heavy (non-hydrogen) atoms. The summed E-state index contributed by atoms with van der Waals surface area (Å²) >= 11 is 0. The van der Waals surface area contributed by atoms with Crippen LogP contribution in [0.2, 0.25) is 0 Å². The third-order valence-corrected chi connectivity index (χ3v) is 2.55. The highest BCUT2D eigenvalue weighted by molar-refractivity contribution is 5.63. The number of ether oxygens (including phenoxy) is 2. The summed E-state index contributed by atoms with van der Waals surface area (Å²) < 4.78 is 16.5. The summed E-state index contributed by atoms with van der Waals surface area (Å²) in [6.45, 7) is 1.17. The molecular weight excluding hydrogens is 220 g/mol. The van der Waals surface area contributed by atoms with Gasteiger partial charge in [-0.3, -0.25) is 0 Å². The van der Waals surface area contributed by atoms with Crippen molar-refractivity contribution in [3.8, 4) is 22.8 Å². The number of anilines is 1. The van der Waals surface area contributed by atoms with Crippen LogP contribution in [-0.4, -0.2) is 25.2 Å². The van der Waals surface area contributed by atoms with E-state index < -0.39 is 0 Å². The number of aromatic nitrogens is 1. The lowest BCUT2D eigenvalue weighted by Gasteiger charge is -2.18. The lowest BCUT2D eigenvalue weighted by Crippen LogP contribution is -2.15. The molecule has 0 aliphatic carbocycles. The van der Waals surface area contributed by atoms with Gasteiger partial charge in [0, 0.05) is 12.6 Å². The molecule has 0 radical (unpaired) electrons. The Morgan fingerprint density at radius 2 is 2.00 bits per heavy atom. The van der Waals surface area contributed by atoms with E-state index in [-0.39, 0.29) is 0 Å². The number of nitrogens with one attached hydrogen (secondary N) is 1. The van der Waals surface area contributed by atoms with Gasteiger partial charge < -0.3 is 19.2 Å². The van der Waals surface area contributed by atoms with Gasteiger partial charge in [0.15, 0.2) is 17.3 Å². The number of fused-ring (bicyclic) bond motifs is 1. The number of rotatable bonds is 2. The van der Waals surface area contributed by atoms with Gasteiger partial charge in [0.2, 0.25) is 0 Å². The largest absolute Gasteiger partial charge is 0.486 e. The highest BCUT2D eigenvalue weighted by atomic mass is 16.6. The van der Waals surface area contributed by atoms with Crippen LogP contribution in [0, 0.1) is 0 Å². The molecule has 0 saturated carbocycles. The Bertz CT molecular complexity index is 536. The van der Waals surface area contributed by atoms with E-state index in [9.17, 15) is 0 Å². The molecule has 1 aliphatic rings. The summed E-state index contributed by atoms with van der Waals surface area (Å²) in [5.74, 6) is 2.22. The normalized spacial score (nSPS) is 13.5. The quantitative estimate of drug-likeness (QED) is 0.859. The monoisotopic (exact) mass is 232 g/mol. The number of nitrogens with zero attached hydrogens (tertiary/aromatic N) is 1. The van der Waals surface area contributed by atoms with Crippen molar-refractivity contribution >= 4 is 6.01 Å². The second kappa shape index (κ2) is 4.01. The molecular formula is C12H12N2O3. The fourth-order valence-corrected chi connectivity index (χ4v) is 1.72. The van der Waals surface area contributed by atoms with Gasteiger partial charge in [-0.2, -0.15) is 0 Å². The van der Waals surface area contributed by atoms with Crippen LogP contribution in [0.3, 0.4) is 0 Å². The molecule has 5 nitrogen and oxygen atoms in total. The number of hydrogen-bond acceptors (Lipinski definition) is 5. The Morgan fingerprint density at radius 3 is 2.76 bits per heavy atom. The van der Waals surface area contributed by atoms with Gasteiger partial charge in [0.25, 0.3) is 6.01 Å². The molecule has 5 heteroatoms. The lowest BCUT2D eigenvalue weighted by molar-refractivity contribution is 0.171. The van der Waals surface area contributed by atoms with Gasteiger partial charge in [0.1, 0.15) is 13.2 Å². The van der Waals surface area contributed by atoms with Gasteiger partial charge >= 0.3 is 0 Å². The standard InChI is InChI=1S/C12H12N2O3/c1-13-12-14-7-11(17-12)8-2-3-9-10(6-8)16-5-4-15-9/h2-3,6-7H,4-5H2,1H3,(H,13,14). The van der Waals surface area contributed by atoms with E-state index in [4.69, 9.17) is 13.9 Å². The minimum absolute atomic E-state index is 0.495. The first kappa shape index (κ1) is 10.0. The molecule has 0 atom stereocenters. The third-order valence-electron chi connectivity index (χ3n) is 2.55.